The number of carbonyl (C=O) groups is 1. The quantitative estimate of drug-likeness (QED) is 0.827. The fourth-order valence-electron chi connectivity index (χ4n) is 2.40. The van der Waals surface area contributed by atoms with Gasteiger partial charge >= 0.3 is 12.1 Å². The van der Waals surface area contributed by atoms with Gasteiger partial charge in [-0.1, -0.05) is 36.4 Å². The third-order valence-corrected chi connectivity index (χ3v) is 5.71. The van der Waals surface area contributed by atoms with Crippen LogP contribution in [0.15, 0.2) is 59.5 Å². The molecule has 26 heavy (non-hydrogen) atoms. The smallest absolute Gasteiger partial charge is 0.416 e. The molecular weight excluding hydrogens is 371 g/mol. The average Bonchev–Trinajstić information content (AvgIpc) is 2.59. The van der Waals surface area contributed by atoms with E-state index in [0.717, 1.165) is 25.2 Å². The largest absolute Gasteiger partial charge is 0.480 e. The Balaban J connectivity index is 2.34. The maximum atomic E-state index is 12.8. The Morgan fingerprint density at radius 1 is 1.12 bits per heavy atom. The number of carboxylic acids is 1. The molecule has 1 atom stereocenters. The first-order valence-corrected chi connectivity index (χ1v) is 8.89. The van der Waals surface area contributed by atoms with E-state index in [1.807, 2.05) is 0 Å². The second kappa shape index (κ2) is 7.46. The van der Waals surface area contributed by atoms with E-state index in [4.69, 9.17) is 0 Å². The monoisotopic (exact) mass is 387 g/mol. The van der Waals surface area contributed by atoms with Crippen LogP contribution >= 0.6 is 0 Å². The van der Waals surface area contributed by atoms with Crippen molar-refractivity contribution in [3.8, 4) is 0 Å². The molecule has 0 radical (unpaired) electrons. The minimum absolute atomic E-state index is 0.0716. The van der Waals surface area contributed by atoms with E-state index in [1.165, 1.54) is 30.3 Å². The van der Waals surface area contributed by atoms with E-state index in [9.17, 15) is 31.5 Å². The van der Waals surface area contributed by atoms with Crippen molar-refractivity contribution in [2.24, 2.45) is 0 Å². The van der Waals surface area contributed by atoms with Gasteiger partial charge in [-0.2, -0.15) is 17.5 Å². The van der Waals surface area contributed by atoms with Crippen LogP contribution in [0.4, 0.5) is 13.2 Å². The zero-order valence-corrected chi connectivity index (χ0v) is 14.5. The van der Waals surface area contributed by atoms with Crippen LogP contribution in [0.3, 0.4) is 0 Å². The standard InChI is InChI=1S/C17H16F3NO4S/c1-21(26(24,25)14-8-3-2-4-9-14)15(16(22)23)11-12-6-5-7-13(10-12)17(18,19)20/h2-10,15H,11H2,1H3,(H,22,23). The molecule has 5 nitrogen and oxygen atoms in total. The zero-order chi connectivity index (χ0) is 19.5. The summed E-state index contributed by atoms with van der Waals surface area (Å²) in [6, 6.07) is 9.83. The highest BCUT2D eigenvalue weighted by Gasteiger charge is 2.34. The van der Waals surface area contributed by atoms with Gasteiger partial charge in [0.1, 0.15) is 6.04 Å². The summed E-state index contributed by atoms with van der Waals surface area (Å²) < 4.78 is 64.2. The van der Waals surface area contributed by atoms with Crippen LogP contribution < -0.4 is 0 Å². The number of halogens is 3. The molecule has 0 aliphatic rings. The number of likely N-dealkylation sites (N-methyl/N-ethyl adjacent to an activating group) is 1. The predicted molar refractivity (Wildman–Crippen MR) is 88.0 cm³/mol. The Morgan fingerprint density at radius 2 is 1.73 bits per heavy atom. The lowest BCUT2D eigenvalue weighted by molar-refractivity contribution is -0.141. The average molecular weight is 387 g/mol. The Labute approximate surface area is 148 Å². The summed E-state index contributed by atoms with van der Waals surface area (Å²) in [5.74, 6) is -1.45. The van der Waals surface area contributed by atoms with Crippen LogP contribution in [0.1, 0.15) is 11.1 Å². The molecule has 2 aromatic carbocycles. The highest BCUT2D eigenvalue weighted by atomic mass is 32.2. The predicted octanol–water partition coefficient (Wildman–Crippen LogP) is 3.02. The molecule has 1 unspecified atom stereocenters. The summed E-state index contributed by atoms with van der Waals surface area (Å²) in [7, 11) is -3.02. The molecule has 0 saturated carbocycles. The molecule has 1 N–H and O–H groups in total. The molecule has 2 rings (SSSR count). The van der Waals surface area contributed by atoms with Crippen LogP contribution in [0, 0.1) is 0 Å². The Hall–Kier alpha value is -2.39. The highest BCUT2D eigenvalue weighted by molar-refractivity contribution is 7.89. The van der Waals surface area contributed by atoms with Crippen molar-refractivity contribution in [1.29, 1.82) is 0 Å². The lowest BCUT2D eigenvalue weighted by Crippen LogP contribution is -2.43. The van der Waals surface area contributed by atoms with E-state index in [1.54, 1.807) is 6.07 Å². The normalized spacial score (nSPS) is 13.6. The van der Waals surface area contributed by atoms with Crippen molar-refractivity contribution >= 4 is 16.0 Å². The minimum Gasteiger partial charge on any atom is -0.480 e. The maximum Gasteiger partial charge on any atom is 0.416 e. The van der Waals surface area contributed by atoms with E-state index in [0.29, 0.717) is 4.31 Å². The molecule has 0 fully saturated rings. The number of benzene rings is 2. The van der Waals surface area contributed by atoms with Crippen molar-refractivity contribution < 1.29 is 31.5 Å². The Bertz CT molecular complexity index is 882. The molecule has 0 saturated heterocycles. The zero-order valence-electron chi connectivity index (χ0n) is 13.6. The number of rotatable bonds is 6. The fraction of sp³-hybridized carbons (Fsp3) is 0.235. The van der Waals surface area contributed by atoms with Gasteiger partial charge in [-0.15, -0.1) is 0 Å². The summed E-state index contributed by atoms with van der Waals surface area (Å²) in [5, 5.41) is 9.42. The third-order valence-electron chi connectivity index (χ3n) is 3.83. The van der Waals surface area contributed by atoms with Crippen molar-refractivity contribution in [1.82, 2.24) is 4.31 Å². The van der Waals surface area contributed by atoms with Gasteiger partial charge in [-0.05, 0) is 30.2 Å². The number of hydrogen-bond acceptors (Lipinski definition) is 3. The van der Waals surface area contributed by atoms with Crippen molar-refractivity contribution in [2.75, 3.05) is 7.05 Å². The molecule has 9 heteroatoms. The molecule has 0 heterocycles. The molecule has 0 amide bonds. The maximum absolute atomic E-state index is 12.8. The van der Waals surface area contributed by atoms with Crippen molar-refractivity contribution in [3.63, 3.8) is 0 Å². The topological polar surface area (TPSA) is 74.7 Å². The van der Waals surface area contributed by atoms with Crippen LogP contribution in [0.5, 0.6) is 0 Å². The van der Waals surface area contributed by atoms with Crippen LogP contribution in [-0.4, -0.2) is 36.9 Å². The molecule has 0 spiro atoms. The molecule has 0 bridgehead atoms. The van der Waals surface area contributed by atoms with E-state index in [-0.39, 0.29) is 10.5 Å². The summed E-state index contributed by atoms with van der Waals surface area (Å²) in [5.41, 5.74) is -0.852. The van der Waals surface area contributed by atoms with E-state index in [2.05, 4.69) is 0 Å². The van der Waals surface area contributed by atoms with Gasteiger partial charge < -0.3 is 5.11 Å². The molecule has 140 valence electrons. The first-order chi connectivity index (χ1) is 12.0. The van der Waals surface area contributed by atoms with Gasteiger partial charge in [0, 0.05) is 7.05 Å². The van der Waals surface area contributed by atoms with Crippen molar-refractivity contribution in [2.45, 2.75) is 23.5 Å². The molecule has 0 aliphatic heterocycles. The number of aliphatic carboxylic acids is 1. The third kappa shape index (κ3) is 4.41. The van der Waals surface area contributed by atoms with Crippen LogP contribution in [0.2, 0.25) is 0 Å². The summed E-state index contributed by atoms with van der Waals surface area (Å²) in [4.78, 5) is 11.5. The second-order valence-electron chi connectivity index (χ2n) is 5.59. The van der Waals surface area contributed by atoms with Crippen LogP contribution in [0.25, 0.3) is 0 Å². The number of hydrogen-bond donors (Lipinski definition) is 1. The first kappa shape index (κ1) is 19.9. The van der Waals surface area contributed by atoms with Gasteiger partial charge in [0.2, 0.25) is 10.0 Å². The fourth-order valence-corrected chi connectivity index (χ4v) is 3.73. The summed E-state index contributed by atoms with van der Waals surface area (Å²) >= 11 is 0. The molecule has 0 aromatic heterocycles. The second-order valence-corrected chi connectivity index (χ2v) is 7.59. The molecule has 0 aliphatic carbocycles. The molecular formula is C17H16F3NO4S. The van der Waals surface area contributed by atoms with Gasteiger partial charge in [0.05, 0.1) is 10.5 Å². The van der Waals surface area contributed by atoms with Gasteiger partial charge in [0.15, 0.2) is 0 Å². The number of sulfonamides is 1. The Kier molecular flexibility index (Phi) is 5.72. The number of nitrogens with zero attached hydrogens (tertiary/aromatic N) is 1. The van der Waals surface area contributed by atoms with E-state index >= 15 is 0 Å². The SMILES string of the molecule is CN(C(Cc1cccc(C(F)(F)F)c1)C(=O)O)S(=O)(=O)c1ccccc1. The Morgan fingerprint density at radius 3 is 2.27 bits per heavy atom. The lowest BCUT2D eigenvalue weighted by Gasteiger charge is -2.24. The first-order valence-electron chi connectivity index (χ1n) is 7.45. The lowest BCUT2D eigenvalue weighted by atomic mass is 10.0. The van der Waals surface area contributed by atoms with Gasteiger partial charge in [-0.25, -0.2) is 8.42 Å². The number of carboxylic acid groups (broad SMARTS) is 1. The molecule has 2 aromatic rings. The summed E-state index contributed by atoms with van der Waals surface area (Å²) in [6.07, 6.45) is -4.97. The summed E-state index contributed by atoms with van der Waals surface area (Å²) in [6.45, 7) is 0. The van der Waals surface area contributed by atoms with Gasteiger partial charge in [0.25, 0.3) is 0 Å². The highest BCUT2D eigenvalue weighted by Crippen LogP contribution is 2.30. The number of alkyl halides is 3. The van der Waals surface area contributed by atoms with E-state index < -0.39 is 40.2 Å². The minimum atomic E-state index is -4.57. The van der Waals surface area contributed by atoms with Crippen molar-refractivity contribution in [3.05, 3.63) is 65.7 Å². The van der Waals surface area contributed by atoms with Crippen LogP contribution in [-0.2, 0) is 27.4 Å². The van der Waals surface area contributed by atoms with Gasteiger partial charge in [-0.3, -0.25) is 4.79 Å².